The number of ether oxygens (including phenoxy) is 3. The lowest BCUT2D eigenvalue weighted by molar-refractivity contribution is -0.140. The van der Waals surface area contributed by atoms with E-state index in [4.69, 9.17) is 14.2 Å². The molecule has 0 atom stereocenters. The number of carbonyl (C=O) groups excluding carboxylic acids is 1. The molecule has 0 radical (unpaired) electrons. The Kier molecular flexibility index (Phi) is 10.3. The van der Waals surface area contributed by atoms with Crippen molar-refractivity contribution >= 4 is 5.97 Å². The van der Waals surface area contributed by atoms with Crippen LogP contribution < -0.4 is 14.2 Å². The van der Waals surface area contributed by atoms with Gasteiger partial charge in [0, 0.05) is 5.56 Å². The van der Waals surface area contributed by atoms with Gasteiger partial charge in [-0.3, -0.25) is 4.79 Å². The molecule has 4 nitrogen and oxygen atoms in total. The molecule has 0 amide bonds. The molecule has 0 heterocycles. The monoisotopic (exact) mass is 552 g/mol. The van der Waals surface area contributed by atoms with Gasteiger partial charge in [-0.1, -0.05) is 37.6 Å². The highest BCUT2D eigenvalue weighted by atomic mass is 19.2. The van der Waals surface area contributed by atoms with Gasteiger partial charge in [-0.25, -0.2) is 8.78 Å². The molecular formula is C33H35F3O4. The molecule has 212 valence electrons. The summed E-state index contributed by atoms with van der Waals surface area (Å²) in [5.74, 6) is -3.19. The molecule has 0 bridgehead atoms. The van der Waals surface area contributed by atoms with Gasteiger partial charge in [0.1, 0.15) is 5.75 Å². The van der Waals surface area contributed by atoms with Gasteiger partial charge < -0.3 is 14.2 Å². The number of benzene rings is 3. The summed E-state index contributed by atoms with van der Waals surface area (Å²) >= 11 is 0. The van der Waals surface area contributed by atoms with Crippen molar-refractivity contribution in [2.45, 2.75) is 57.8 Å². The molecule has 40 heavy (non-hydrogen) atoms. The summed E-state index contributed by atoms with van der Waals surface area (Å²) in [4.78, 5) is 12.8. The average molecular weight is 553 g/mol. The van der Waals surface area contributed by atoms with Crippen LogP contribution in [0.2, 0.25) is 0 Å². The van der Waals surface area contributed by atoms with E-state index in [0.717, 1.165) is 18.4 Å². The first-order valence-corrected chi connectivity index (χ1v) is 13.9. The number of esters is 1. The highest BCUT2D eigenvalue weighted by molar-refractivity contribution is 5.76. The minimum absolute atomic E-state index is 0.0715. The number of carbonyl (C=O) groups is 1. The molecule has 1 aliphatic carbocycles. The van der Waals surface area contributed by atoms with Gasteiger partial charge in [0.25, 0.3) is 0 Å². The van der Waals surface area contributed by atoms with Crippen LogP contribution in [-0.4, -0.2) is 19.2 Å². The normalized spacial score (nSPS) is 16.8. The fourth-order valence-electron chi connectivity index (χ4n) is 4.89. The fourth-order valence-corrected chi connectivity index (χ4v) is 4.89. The van der Waals surface area contributed by atoms with Gasteiger partial charge in [0.05, 0.1) is 19.1 Å². The number of rotatable bonds is 12. The number of hydrogen-bond donors (Lipinski definition) is 0. The van der Waals surface area contributed by atoms with E-state index in [1.54, 1.807) is 36.4 Å². The molecular weight excluding hydrogens is 517 g/mol. The first-order chi connectivity index (χ1) is 19.4. The smallest absolute Gasteiger partial charge is 0.314 e. The molecule has 0 aromatic heterocycles. The second kappa shape index (κ2) is 14.1. The largest absolute Gasteiger partial charge is 0.494 e. The molecule has 0 unspecified atom stereocenters. The van der Waals surface area contributed by atoms with E-state index in [-0.39, 0.29) is 17.2 Å². The fraction of sp³-hybridized carbons (Fsp3) is 0.364. The van der Waals surface area contributed by atoms with Crippen LogP contribution in [0.15, 0.2) is 67.3 Å². The lowest BCUT2D eigenvalue weighted by Gasteiger charge is -2.27. The molecule has 4 rings (SSSR count). The quantitative estimate of drug-likeness (QED) is 0.0975. The third kappa shape index (κ3) is 7.26. The van der Waals surface area contributed by atoms with Gasteiger partial charge in [-0.15, -0.1) is 6.58 Å². The standard InChI is InChI=1S/C33H35F3O4/c1-3-5-19-38-26-14-11-23(12-15-26)27-16-18-30(32(36)31(27)35)40-33(37)24-9-7-22(8-10-24)25-13-17-29(28(34)21-25)39-20-6-4-2/h4,11-18,21-22,24H,2-3,5-10,19-20H2,1H3. The molecule has 0 N–H and O–H groups in total. The van der Waals surface area contributed by atoms with E-state index in [9.17, 15) is 18.0 Å². The maximum Gasteiger partial charge on any atom is 0.314 e. The Morgan fingerprint density at radius 3 is 2.30 bits per heavy atom. The van der Waals surface area contributed by atoms with Crippen molar-refractivity contribution in [2.24, 2.45) is 5.92 Å². The summed E-state index contributed by atoms with van der Waals surface area (Å²) in [7, 11) is 0. The third-order valence-corrected chi connectivity index (χ3v) is 7.26. The lowest BCUT2D eigenvalue weighted by atomic mass is 9.78. The van der Waals surface area contributed by atoms with E-state index in [2.05, 4.69) is 13.5 Å². The predicted molar refractivity (Wildman–Crippen MR) is 149 cm³/mol. The minimum Gasteiger partial charge on any atom is -0.494 e. The molecule has 3 aromatic carbocycles. The summed E-state index contributed by atoms with van der Waals surface area (Å²) in [6, 6.07) is 14.4. The molecule has 7 heteroatoms. The molecule has 0 aliphatic heterocycles. The maximum atomic E-state index is 14.9. The second-order valence-electron chi connectivity index (χ2n) is 10.1. The Balaban J connectivity index is 1.33. The van der Waals surface area contributed by atoms with Crippen molar-refractivity contribution in [1.29, 1.82) is 0 Å². The van der Waals surface area contributed by atoms with Gasteiger partial charge in [-0.2, -0.15) is 4.39 Å². The molecule has 1 fully saturated rings. The van der Waals surface area contributed by atoms with Crippen LogP contribution in [0, 0.1) is 23.4 Å². The van der Waals surface area contributed by atoms with E-state index >= 15 is 0 Å². The minimum atomic E-state index is -1.20. The van der Waals surface area contributed by atoms with Crippen LogP contribution in [0.4, 0.5) is 13.2 Å². The topological polar surface area (TPSA) is 44.8 Å². The maximum absolute atomic E-state index is 14.9. The molecule has 1 saturated carbocycles. The average Bonchev–Trinajstić information content (AvgIpc) is 2.97. The number of hydrogen-bond acceptors (Lipinski definition) is 4. The molecule has 0 spiro atoms. The zero-order valence-corrected chi connectivity index (χ0v) is 22.8. The number of unbranched alkanes of at least 4 members (excludes halogenated alkanes) is 1. The summed E-state index contributed by atoms with van der Waals surface area (Å²) in [5.41, 5.74) is 1.41. The summed E-state index contributed by atoms with van der Waals surface area (Å²) in [5, 5.41) is 0. The summed E-state index contributed by atoms with van der Waals surface area (Å²) < 4.78 is 60.6. The highest BCUT2D eigenvalue weighted by Crippen LogP contribution is 2.38. The van der Waals surface area contributed by atoms with Crippen LogP contribution in [-0.2, 0) is 4.79 Å². The summed E-state index contributed by atoms with van der Waals surface area (Å²) in [6.45, 7) is 6.65. The van der Waals surface area contributed by atoms with Crippen molar-refractivity contribution in [2.75, 3.05) is 13.2 Å². The second-order valence-corrected chi connectivity index (χ2v) is 10.1. The van der Waals surface area contributed by atoms with Crippen LogP contribution in [0.25, 0.3) is 11.1 Å². The Morgan fingerprint density at radius 2 is 1.62 bits per heavy atom. The first kappa shape index (κ1) is 29.2. The van der Waals surface area contributed by atoms with Gasteiger partial charge in [0.2, 0.25) is 5.82 Å². The zero-order chi connectivity index (χ0) is 28.5. The van der Waals surface area contributed by atoms with Crippen LogP contribution in [0.3, 0.4) is 0 Å². The molecule has 1 aliphatic rings. The van der Waals surface area contributed by atoms with Crippen LogP contribution >= 0.6 is 0 Å². The first-order valence-electron chi connectivity index (χ1n) is 13.9. The lowest BCUT2D eigenvalue weighted by Crippen LogP contribution is -2.25. The van der Waals surface area contributed by atoms with Gasteiger partial charge >= 0.3 is 5.97 Å². The van der Waals surface area contributed by atoms with Crippen molar-refractivity contribution in [3.05, 3.63) is 90.3 Å². The Morgan fingerprint density at radius 1 is 0.900 bits per heavy atom. The van der Waals surface area contributed by atoms with Crippen LogP contribution in [0.5, 0.6) is 17.2 Å². The Bertz CT molecular complexity index is 1300. The third-order valence-electron chi connectivity index (χ3n) is 7.26. The molecule has 0 saturated heterocycles. The predicted octanol–water partition coefficient (Wildman–Crippen LogP) is 8.78. The number of halogens is 3. The van der Waals surface area contributed by atoms with Gasteiger partial charge in [-0.05, 0) is 92.0 Å². The van der Waals surface area contributed by atoms with E-state index < -0.39 is 35.1 Å². The van der Waals surface area contributed by atoms with Crippen molar-refractivity contribution in [3.63, 3.8) is 0 Å². The highest BCUT2D eigenvalue weighted by Gasteiger charge is 2.30. The van der Waals surface area contributed by atoms with Crippen molar-refractivity contribution < 1.29 is 32.2 Å². The zero-order valence-electron chi connectivity index (χ0n) is 22.8. The summed E-state index contributed by atoms with van der Waals surface area (Å²) in [6.07, 6.45) is 6.63. The molecule has 3 aromatic rings. The van der Waals surface area contributed by atoms with Crippen molar-refractivity contribution in [1.82, 2.24) is 0 Å². The SMILES string of the molecule is C=CCCOc1ccc(C2CCC(C(=O)Oc3ccc(-c4ccc(OCCCC)cc4)c(F)c3F)CC2)cc1F. The van der Waals surface area contributed by atoms with E-state index in [0.29, 0.717) is 56.6 Å². The van der Waals surface area contributed by atoms with Crippen molar-refractivity contribution in [3.8, 4) is 28.4 Å². The Hall–Kier alpha value is -3.74. The van der Waals surface area contributed by atoms with E-state index in [1.807, 2.05) is 6.07 Å². The van der Waals surface area contributed by atoms with E-state index in [1.165, 1.54) is 18.2 Å². The van der Waals surface area contributed by atoms with Crippen LogP contribution in [0.1, 0.15) is 63.4 Å². The Labute approximate surface area is 233 Å². The van der Waals surface area contributed by atoms with Gasteiger partial charge in [0.15, 0.2) is 23.1 Å².